The molecule has 0 aromatic carbocycles. The van der Waals surface area contributed by atoms with E-state index in [0.717, 1.165) is 0 Å². The third-order valence-corrected chi connectivity index (χ3v) is 3.84. The summed E-state index contributed by atoms with van der Waals surface area (Å²) in [6.07, 6.45) is 4.76. The van der Waals surface area contributed by atoms with Gasteiger partial charge in [0, 0.05) is 6.04 Å². The smallest absolute Gasteiger partial charge is 0.310 e. The van der Waals surface area contributed by atoms with Crippen molar-refractivity contribution < 1.29 is 9.53 Å². The minimum absolute atomic E-state index is 0.0116. The van der Waals surface area contributed by atoms with E-state index in [1.54, 1.807) is 0 Å². The molecule has 3 aliphatic carbocycles. The summed E-state index contributed by atoms with van der Waals surface area (Å²) in [7, 11) is 0. The zero-order valence-electron chi connectivity index (χ0n) is 8.74. The molecule has 0 aromatic heterocycles. The van der Waals surface area contributed by atoms with Gasteiger partial charge in [0.15, 0.2) is 0 Å². The van der Waals surface area contributed by atoms with E-state index >= 15 is 0 Å². The lowest BCUT2D eigenvalue weighted by molar-refractivity contribution is -0.155. The Morgan fingerprint density at radius 3 is 2.36 bits per heavy atom. The van der Waals surface area contributed by atoms with E-state index in [1.165, 1.54) is 25.7 Å². The minimum Gasteiger partial charge on any atom is -0.466 e. The fraction of sp³-hybridized carbons (Fsp3) is 0.909. The van der Waals surface area contributed by atoms with Crippen LogP contribution in [0.25, 0.3) is 0 Å². The van der Waals surface area contributed by atoms with Gasteiger partial charge in [0.1, 0.15) is 0 Å². The van der Waals surface area contributed by atoms with Gasteiger partial charge in [-0.2, -0.15) is 0 Å². The number of carbonyl (C=O) groups excluding carboxylic acids is 1. The molecule has 3 nitrogen and oxygen atoms in total. The molecule has 3 fully saturated rings. The van der Waals surface area contributed by atoms with E-state index in [-0.39, 0.29) is 17.9 Å². The molecular formula is C11H19NO2. The van der Waals surface area contributed by atoms with E-state index < -0.39 is 0 Å². The van der Waals surface area contributed by atoms with Gasteiger partial charge in [-0.15, -0.1) is 0 Å². The predicted octanol–water partition coefficient (Wildman–Crippen LogP) is 1.31. The monoisotopic (exact) mass is 197 g/mol. The topological polar surface area (TPSA) is 52.3 Å². The van der Waals surface area contributed by atoms with Crippen LogP contribution >= 0.6 is 0 Å². The Balaban J connectivity index is 2.06. The molecule has 0 radical (unpaired) electrons. The Bertz CT molecular complexity index is 219. The van der Waals surface area contributed by atoms with E-state index in [2.05, 4.69) is 0 Å². The lowest BCUT2D eigenvalue weighted by Crippen LogP contribution is -2.52. The average Bonchev–Trinajstić information content (AvgIpc) is 2.19. The molecule has 3 saturated carbocycles. The molecule has 80 valence electrons. The highest BCUT2D eigenvalue weighted by molar-refractivity contribution is 5.74. The molecule has 0 spiro atoms. The van der Waals surface area contributed by atoms with Crippen molar-refractivity contribution in [3.05, 3.63) is 0 Å². The first-order chi connectivity index (χ1) is 6.74. The molecule has 0 aliphatic heterocycles. The highest BCUT2D eigenvalue weighted by Crippen LogP contribution is 2.44. The Kier molecular flexibility index (Phi) is 2.77. The number of esters is 1. The first kappa shape index (κ1) is 9.97. The SMILES string of the molecule is CCOC(=O)C1C2CCC(CC2)[C@@H]1N. The van der Waals surface area contributed by atoms with Crippen molar-refractivity contribution in [1.29, 1.82) is 0 Å². The molecule has 2 bridgehead atoms. The first-order valence-electron chi connectivity index (χ1n) is 5.66. The van der Waals surface area contributed by atoms with Crippen LogP contribution in [-0.4, -0.2) is 18.6 Å². The quantitative estimate of drug-likeness (QED) is 0.679. The van der Waals surface area contributed by atoms with Crippen LogP contribution in [0.5, 0.6) is 0 Å². The normalized spacial score (nSPS) is 41.0. The molecule has 2 atom stereocenters. The Morgan fingerprint density at radius 2 is 1.86 bits per heavy atom. The van der Waals surface area contributed by atoms with Gasteiger partial charge >= 0.3 is 5.97 Å². The largest absolute Gasteiger partial charge is 0.466 e. The summed E-state index contributed by atoms with van der Waals surface area (Å²) in [5, 5.41) is 0. The van der Waals surface area contributed by atoms with Crippen LogP contribution in [0.4, 0.5) is 0 Å². The van der Waals surface area contributed by atoms with Crippen LogP contribution in [0, 0.1) is 17.8 Å². The molecule has 3 heteroatoms. The van der Waals surface area contributed by atoms with Crippen LogP contribution in [-0.2, 0) is 9.53 Å². The number of carbonyl (C=O) groups is 1. The number of ether oxygens (including phenoxy) is 1. The summed E-state index contributed by atoms with van der Waals surface area (Å²) < 4.78 is 5.09. The second kappa shape index (κ2) is 3.89. The second-order valence-electron chi connectivity index (χ2n) is 4.53. The zero-order valence-corrected chi connectivity index (χ0v) is 8.74. The highest BCUT2D eigenvalue weighted by atomic mass is 16.5. The first-order valence-corrected chi connectivity index (χ1v) is 5.66. The fourth-order valence-electron chi connectivity index (χ4n) is 3.08. The summed E-state index contributed by atoms with van der Waals surface area (Å²) in [6.45, 7) is 2.32. The molecule has 0 aromatic rings. The highest BCUT2D eigenvalue weighted by Gasteiger charge is 2.45. The Hall–Kier alpha value is -0.570. The van der Waals surface area contributed by atoms with Crippen molar-refractivity contribution >= 4 is 5.97 Å². The average molecular weight is 197 g/mol. The fourth-order valence-corrected chi connectivity index (χ4v) is 3.08. The second-order valence-corrected chi connectivity index (χ2v) is 4.53. The number of rotatable bonds is 2. The van der Waals surface area contributed by atoms with Crippen LogP contribution < -0.4 is 5.73 Å². The zero-order chi connectivity index (χ0) is 10.1. The maximum absolute atomic E-state index is 11.7. The van der Waals surface area contributed by atoms with Gasteiger partial charge in [0.25, 0.3) is 0 Å². The number of nitrogens with two attached hydrogens (primary N) is 1. The van der Waals surface area contributed by atoms with Gasteiger partial charge < -0.3 is 10.5 Å². The molecule has 0 saturated heterocycles. The molecule has 3 aliphatic rings. The molecular weight excluding hydrogens is 178 g/mol. The van der Waals surface area contributed by atoms with Gasteiger partial charge in [-0.3, -0.25) is 4.79 Å². The molecule has 3 rings (SSSR count). The number of hydrogen-bond donors (Lipinski definition) is 1. The van der Waals surface area contributed by atoms with Crippen LogP contribution in [0.1, 0.15) is 32.6 Å². The molecule has 1 unspecified atom stereocenters. The van der Waals surface area contributed by atoms with E-state index in [1.807, 2.05) is 6.92 Å². The van der Waals surface area contributed by atoms with Crippen molar-refractivity contribution in [2.24, 2.45) is 23.5 Å². The van der Waals surface area contributed by atoms with Crippen molar-refractivity contribution in [2.45, 2.75) is 38.6 Å². The summed E-state index contributed by atoms with van der Waals surface area (Å²) >= 11 is 0. The van der Waals surface area contributed by atoms with Gasteiger partial charge in [0.2, 0.25) is 0 Å². The van der Waals surface area contributed by atoms with Gasteiger partial charge in [-0.05, 0) is 44.4 Å². The van der Waals surface area contributed by atoms with Crippen molar-refractivity contribution in [3.63, 3.8) is 0 Å². The lowest BCUT2D eigenvalue weighted by Gasteiger charge is -2.45. The molecule has 14 heavy (non-hydrogen) atoms. The van der Waals surface area contributed by atoms with Crippen molar-refractivity contribution in [2.75, 3.05) is 6.61 Å². The summed E-state index contributed by atoms with van der Waals surface area (Å²) in [6, 6.07) is 0.0570. The van der Waals surface area contributed by atoms with Crippen molar-refractivity contribution in [3.8, 4) is 0 Å². The molecule has 2 N–H and O–H groups in total. The molecule has 0 heterocycles. The van der Waals surface area contributed by atoms with Crippen LogP contribution in [0.15, 0.2) is 0 Å². The van der Waals surface area contributed by atoms with E-state index in [9.17, 15) is 4.79 Å². The third-order valence-electron chi connectivity index (χ3n) is 3.84. The maximum atomic E-state index is 11.7. The van der Waals surface area contributed by atoms with E-state index in [4.69, 9.17) is 10.5 Å². The predicted molar refractivity (Wildman–Crippen MR) is 53.5 cm³/mol. The minimum atomic E-state index is -0.0607. The van der Waals surface area contributed by atoms with Crippen molar-refractivity contribution in [1.82, 2.24) is 0 Å². The standard InChI is InChI=1S/C11H19NO2/c1-2-14-11(13)9-7-3-5-8(6-4-7)10(9)12/h7-10H,2-6,12H2,1H3/t7?,8?,9?,10-/m0/s1. The number of hydrogen-bond acceptors (Lipinski definition) is 3. The van der Waals surface area contributed by atoms with Gasteiger partial charge in [-0.1, -0.05) is 0 Å². The van der Waals surface area contributed by atoms with Crippen LogP contribution in [0.2, 0.25) is 0 Å². The Labute approximate surface area is 85.0 Å². The van der Waals surface area contributed by atoms with Gasteiger partial charge in [0.05, 0.1) is 12.5 Å². The third kappa shape index (κ3) is 1.54. The lowest BCUT2D eigenvalue weighted by atomic mass is 9.62. The number of fused-ring (bicyclic) bond motifs is 3. The van der Waals surface area contributed by atoms with Gasteiger partial charge in [-0.25, -0.2) is 0 Å². The summed E-state index contributed by atoms with van der Waals surface area (Å²) in [4.78, 5) is 11.7. The summed E-state index contributed by atoms with van der Waals surface area (Å²) in [5.74, 6) is 0.986. The van der Waals surface area contributed by atoms with Crippen LogP contribution in [0.3, 0.4) is 0 Å². The summed E-state index contributed by atoms with van der Waals surface area (Å²) in [5.41, 5.74) is 6.09. The van der Waals surface area contributed by atoms with E-state index in [0.29, 0.717) is 18.4 Å². The maximum Gasteiger partial charge on any atom is 0.310 e. The molecule has 0 amide bonds. The Morgan fingerprint density at radius 1 is 1.29 bits per heavy atom.